The van der Waals surface area contributed by atoms with Crippen LogP contribution in [0, 0.1) is 5.41 Å². The Bertz CT molecular complexity index is 787. The molecule has 0 aromatic rings. The molecule has 0 aliphatic carbocycles. The zero-order chi connectivity index (χ0) is 27.6. The van der Waals surface area contributed by atoms with E-state index in [9.17, 15) is 14.4 Å². The van der Waals surface area contributed by atoms with Crippen molar-refractivity contribution in [3.8, 4) is 0 Å². The Balaban J connectivity index is 4.64. The number of carbonyl (C=O) groups is 3. The van der Waals surface area contributed by atoms with E-state index in [-0.39, 0.29) is 39.6 Å². The molecule has 1 atom stereocenters. The van der Waals surface area contributed by atoms with E-state index >= 15 is 0 Å². The standard InChI is InChI=1S/C25H34O12/c1-5-22(26)32-16-14-30-12-13-31-20-25(8-4,21-36-34-19-17-33-23(27)6-2)10-9-11-29-15-18-35-37-24(28)7-3/h5-7,9,11,14,16-17,19H,1-3,8,10,12-13,15,18,20-21H2,4H3/b11-9+,16-14+,19-17+. The third-order valence-corrected chi connectivity index (χ3v) is 4.24. The molecule has 12 nitrogen and oxygen atoms in total. The topological polar surface area (TPSA) is 134 Å². The van der Waals surface area contributed by atoms with Gasteiger partial charge in [-0.15, -0.1) is 0 Å². The van der Waals surface area contributed by atoms with Crippen molar-refractivity contribution in [3.05, 3.63) is 75.4 Å². The van der Waals surface area contributed by atoms with Crippen LogP contribution in [0.15, 0.2) is 75.4 Å². The maximum absolute atomic E-state index is 11.0. The first-order valence-corrected chi connectivity index (χ1v) is 11.1. The van der Waals surface area contributed by atoms with Gasteiger partial charge in [0.25, 0.3) is 0 Å². The molecule has 206 valence electrons. The van der Waals surface area contributed by atoms with Gasteiger partial charge in [0.15, 0.2) is 6.26 Å². The molecule has 0 amide bonds. The predicted octanol–water partition coefficient (Wildman–Crippen LogP) is 3.35. The van der Waals surface area contributed by atoms with E-state index in [0.29, 0.717) is 12.8 Å². The van der Waals surface area contributed by atoms with E-state index in [2.05, 4.69) is 39.0 Å². The fourth-order valence-electron chi connectivity index (χ4n) is 2.17. The lowest BCUT2D eigenvalue weighted by Gasteiger charge is -2.30. The largest absolute Gasteiger partial charge is 0.499 e. The number of hydrogen-bond acceptors (Lipinski definition) is 12. The molecule has 0 bridgehead atoms. The molecule has 0 aliphatic rings. The minimum atomic E-state index is -0.697. The lowest BCUT2D eigenvalue weighted by atomic mass is 9.83. The van der Waals surface area contributed by atoms with E-state index in [4.69, 9.17) is 24.0 Å². The first-order chi connectivity index (χ1) is 17.9. The molecule has 0 saturated heterocycles. The number of esters is 2. The molecule has 0 fully saturated rings. The van der Waals surface area contributed by atoms with Gasteiger partial charge in [-0.1, -0.05) is 26.7 Å². The lowest BCUT2D eigenvalue weighted by molar-refractivity contribution is -0.273. The Labute approximate surface area is 216 Å². The number of rotatable bonds is 23. The van der Waals surface area contributed by atoms with Gasteiger partial charge in [-0.25, -0.2) is 14.4 Å². The number of carbonyl (C=O) groups excluding carboxylic acids is 3. The van der Waals surface area contributed by atoms with Crippen LogP contribution in [0.25, 0.3) is 0 Å². The monoisotopic (exact) mass is 526 g/mol. The average molecular weight is 527 g/mol. The molecule has 0 N–H and O–H groups in total. The highest BCUT2D eigenvalue weighted by atomic mass is 17.2. The minimum absolute atomic E-state index is 0.0346. The highest BCUT2D eigenvalue weighted by Gasteiger charge is 2.29. The van der Waals surface area contributed by atoms with Crippen molar-refractivity contribution in [3.63, 3.8) is 0 Å². The Hall–Kier alpha value is -3.87. The molecule has 0 aromatic carbocycles. The molecule has 0 heterocycles. The second-order valence-corrected chi connectivity index (χ2v) is 6.84. The summed E-state index contributed by atoms with van der Waals surface area (Å²) in [6.07, 6.45) is 11.8. The normalized spacial score (nSPS) is 12.6. The third kappa shape index (κ3) is 19.0. The average Bonchev–Trinajstić information content (AvgIpc) is 2.92. The third-order valence-electron chi connectivity index (χ3n) is 4.24. The first kappa shape index (κ1) is 33.1. The zero-order valence-corrected chi connectivity index (χ0v) is 20.9. The first-order valence-electron chi connectivity index (χ1n) is 11.1. The molecule has 1 unspecified atom stereocenters. The second kappa shape index (κ2) is 22.6. The zero-order valence-electron chi connectivity index (χ0n) is 20.9. The van der Waals surface area contributed by atoms with Crippen LogP contribution in [-0.2, 0) is 57.6 Å². The number of hydrogen-bond donors (Lipinski definition) is 0. The molecule has 0 aliphatic heterocycles. The van der Waals surface area contributed by atoms with Crippen molar-refractivity contribution in [2.75, 3.05) is 39.6 Å². The Morgan fingerprint density at radius 1 is 0.703 bits per heavy atom. The van der Waals surface area contributed by atoms with Crippen molar-refractivity contribution in [1.29, 1.82) is 0 Å². The molecule has 0 radical (unpaired) electrons. The van der Waals surface area contributed by atoms with Gasteiger partial charge in [0.1, 0.15) is 45.2 Å². The molecule has 0 spiro atoms. The van der Waals surface area contributed by atoms with Crippen molar-refractivity contribution < 1.29 is 57.6 Å². The van der Waals surface area contributed by atoms with Crippen LogP contribution in [0.2, 0.25) is 0 Å². The van der Waals surface area contributed by atoms with Crippen molar-refractivity contribution >= 4 is 17.9 Å². The molecule has 0 aromatic heterocycles. The van der Waals surface area contributed by atoms with Crippen LogP contribution < -0.4 is 0 Å². The molecule has 0 saturated carbocycles. The molecular formula is C25H34O12. The summed E-state index contributed by atoms with van der Waals surface area (Å²) in [7, 11) is 0. The smallest absolute Gasteiger partial charge is 0.365 e. The van der Waals surface area contributed by atoms with Crippen LogP contribution >= 0.6 is 0 Å². The molecular weight excluding hydrogens is 492 g/mol. The molecule has 12 heteroatoms. The number of ether oxygens (including phenoxy) is 5. The highest BCUT2D eigenvalue weighted by Crippen LogP contribution is 2.28. The summed E-state index contributed by atoms with van der Waals surface area (Å²) in [6.45, 7) is 12.8. The predicted molar refractivity (Wildman–Crippen MR) is 129 cm³/mol. The lowest BCUT2D eigenvalue weighted by Crippen LogP contribution is -2.32. The van der Waals surface area contributed by atoms with Gasteiger partial charge in [0.2, 0.25) is 0 Å². The fourth-order valence-corrected chi connectivity index (χ4v) is 2.17. The summed E-state index contributed by atoms with van der Waals surface area (Å²) in [5, 5.41) is 0. The van der Waals surface area contributed by atoms with Crippen molar-refractivity contribution in [2.45, 2.75) is 19.8 Å². The van der Waals surface area contributed by atoms with E-state index in [0.717, 1.165) is 37.0 Å². The summed E-state index contributed by atoms with van der Waals surface area (Å²) >= 11 is 0. The van der Waals surface area contributed by atoms with E-state index in [1.54, 1.807) is 6.08 Å². The fraction of sp³-hybridized carbons (Fsp3) is 0.400. The number of allylic oxidation sites excluding steroid dienone is 1. The van der Waals surface area contributed by atoms with Crippen molar-refractivity contribution in [2.24, 2.45) is 5.41 Å². The van der Waals surface area contributed by atoms with Crippen molar-refractivity contribution in [1.82, 2.24) is 0 Å². The van der Waals surface area contributed by atoms with Gasteiger partial charge in [0, 0.05) is 23.6 Å². The summed E-state index contributed by atoms with van der Waals surface area (Å²) in [4.78, 5) is 52.0. The van der Waals surface area contributed by atoms with Crippen LogP contribution in [0.1, 0.15) is 19.8 Å². The van der Waals surface area contributed by atoms with Gasteiger partial charge < -0.3 is 28.6 Å². The van der Waals surface area contributed by atoms with Crippen LogP contribution in [0.3, 0.4) is 0 Å². The van der Waals surface area contributed by atoms with Gasteiger partial charge in [0.05, 0.1) is 19.5 Å². The maximum atomic E-state index is 11.0. The van der Waals surface area contributed by atoms with Crippen LogP contribution in [-0.4, -0.2) is 57.5 Å². The Kier molecular flexibility index (Phi) is 20.2. The summed E-state index contributed by atoms with van der Waals surface area (Å²) in [5.74, 6) is -1.93. The molecule has 37 heavy (non-hydrogen) atoms. The SMILES string of the molecule is C=CC(=O)O/C=C/OCCOCC(CC)(C/C=C/OCCOOC(=O)C=C)COO/C=C/OC(=O)C=C. The van der Waals surface area contributed by atoms with Gasteiger partial charge >= 0.3 is 17.9 Å². The highest BCUT2D eigenvalue weighted by molar-refractivity contribution is 5.82. The molecule has 0 rings (SSSR count). The summed E-state index contributed by atoms with van der Waals surface area (Å²) in [6, 6.07) is 0. The van der Waals surface area contributed by atoms with Gasteiger partial charge in [-0.05, 0) is 18.9 Å². The quantitative estimate of drug-likeness (QED) is 0.0482. The minimum Gasteiger partial charge on any atom is -0.499 e. The maximum Gasteiger partial charge on any atom is 0.365 e. The summed E-state index contributed by atoms with van der Waals surface area (Å²) < 4.78 is 25.5. The Morgan fingerprint density at radius 2 is 1.32 bits per heavy atom. The van der Waals surface area contributed by atoms with E-state index < -0.39 is 23.3 Å². The van der Waals surface area contributed by atoms with Gasteiger partial charge in [-0.3, -0.25) is 4.89 Å². The van der Waals surface area contributed by atoms with Crippen LogP contribution in [0.4, 0.5) is 0 Å². The van der Waals surface area contributed by atoms with Gasteiger partial charge in [-0.2, -0.15) is 9.78 Å². The summed E-state index contributed by atoms with van der Waals surface area (Å²) in [5.41, 5.74) is -0.503. The second-order valence-electron chi connectivity index (χ2n) is 6.84. The Morgan fingerprint density at radius 3 is 1.97 bits per heavy atom. The van der Waals surface area contributed by atoms with E-state index in [1.807, 2.05) is 6.92 Å². The van der Waals surface area contributed by atoms with E-state index in [1.165, 1.54) is 12.5 Å². The van der Waals surface area contributed by atoms with Crippen LogP contribution in [0.5, 0.6) is 0 Å².